The Labute approximate surface area is 70.5 Å². The smallest absolute Gasteiger partial charge is 0.183 e. The maximum Gasteiger partial charge on any atom is 0.183 e. The first-order valence-electron chi connectivity index (χ1n) is 3.80. The molecule has 0 aromatic rings. The molecule has 72 valence electrons. The van der Waals surface area contributed by atoms with Crippen LogP contribution in [0.3, 0.4) is 0 Å². The van der Waals surface area contributed by atoms with Crippen molar-refractivity contribution in [3.63, 3.8) is 0 Å². The Bertz CT molecular complexity index is 137. The van der Waals surface area contributed by atoms with E-state index in [-0.39, 0.29) is 0 Å². The number of aliphatic hydroxyl groups excluding tert-OH is 3. The average Bonchev–Trinajstić information content (AvgIpc) is 2.02. The lowest BCUT2D eigenvalue weighted by Crippen LogP contribution is -2.57. The molecule has 0 spiro atoms. The van der Waals surface area contributed by atoms with Gasteiger partial charge in [0.15, 0.2) is 6.29 Å². The van der Waals surface area contributed by atoms with Crippen molar-refractivity contribution >= 4 is 0 Å². The minimum atomic E-state index is -1.28. The number of hydrogen-bond acceptors (Lipinski definition) is 5. The van der Waals surface area contributed by atoms with Crippen LogP contribution in [0.1, 0.15) is 6.92 Å². The van der Waals surface area contributed by atoms with Crippen LogP contribution in [-0.2, 0) is 9.47 Å². The minimum Gasteiger partial charge on any atom is -0.388 e. The maximum absolute atomic E-state index is 9.40. The third-order valence-electron chi connectivity index (χ3n) is 2.07. The fourth-order valence-corrected chi connectivity index (χ4v) is 1.29. The van der Waals surface area contributed by atoms with Crippen molar-refractivity contribution in [1.82, 2.24) is 0 Å². The molecule has 0 amide bonds. The van der Waals surface area contributed by atoms with Crippen LogP contribution < -0.4 is 0 Å². The second-order valence-electron chi connectivity index (χ2n) is 2.91. The summed E-state index contributed by atoms with van der Waals surface area (Å²) in [6.07, 6.45) is -4.71. The molecule has 1 aliphatic rings. The molecule has 1 heterocycles. The number of rotatable bonds is 1. The maximum atomic E-state index is 9.40. The largest absolute Gasteiger partial charge is 0.388 e. The van der Waals surface area contributed by atoms with E-state index in [1.807, 2.05) is 0 Å². The summed E-state index contributed by atoms with van der Waals surface area (Å²) >= 11 is 0. The molecular weight excluding hydrogens is 164 g/mol. The van der Waals surface area contributed by atoms with Gasteiger partial charge >= 0.3 is 0 Å². The van der Waals surface area contributed by atoms with Crippen LogP contribution in [0.25, 0.3) is 0 Å². The summed E-state index contributed by atoms with van der Waals surface area (Å²) in [6, 6.07) is 0. The molecule has 5 heteroatoms. The van der Waals surface area contributed by atoms with Gasteiger partial charge in [-0.15, -0.1) is 0 Å². The van der Waals surface area contributed by atoms with Crippen LogP contribution in [0, 0.1) is 0 Å². The number of methoxy groups -OCH3 is 1. The Morgan fingerprint density at radius 3 is 2.25 bits per heavy atom. The van der Waals surface area contributed by atoms with Gasteiger partial charge in [-0.05, 0) is 6.92 Å². The van der Waals surface area contributed by atoms with Crippen molar-refractivity contribution in [2.24, 2.45) is 0 Å². The molecule has 0 aromatic heterocycles. The molecule has 1 aliphatic heterocycles. The summed E-state index contributed by atoms with van der Waals surface area (Å²) in [4.78, 5) is 0. The molecular formula is C7H14O5. The van der Waals surface area contributed by atoms with Gasteiger partial charge in [-0.1, -0.05) is 0 Å². The van der Waals surface area contributed by atoms with E-state index in [0.717, 1.165) is 0 Å². The van der Waals surface area contributed by atoms with Gasteiger partial charge in [0.05, 0.1) is 6.10 Å². The Kier molecular flexibility index (Phi) is 3.03. The quantitative estimate of drug-likeness (QED) is 0.453. The summed E-state index contributed by atoms with van der Waals surface area (Å²) in [5, 5.41) is 27.8. The summed E-state index contributed by atoms with van der Waals surface area (Å²) in [5.41, 5.74) is 0. The van der Waals surface area contributed by atoms with Gasteiger partial charge in [-0.3, -0.25) is 0 Å². The normalized spacial score (nSPS) is 49.2. The van der Waals surface area contributed by atoms with Crippen LogP contribution in [-0.4, -0.2) is 53.1 Å². The second-order valence-corrected chi connectivity index (χ2v) is 2.91. The van der Waals surface area contributed by atoms with Gasteiger partial charge in [0, 0.05) is 7.11 Å². The Hall–Kier alpha value is -0.200. The van der Waals surface area contributed by atoms with Crippen molar-refractivity contribution in [2.75, 3.05) is 7.11 Å². The molecule has 1 rings (SSSR count). The SMILES string of the molecule is CO[C@H]1[C@H](O)[C@@H](C)OC(O)[C@@H]1O. The Morgan fingerprint density at radius 2 is 1.75 bits per heavy atom. The Morgan fingerprint density at radius 1 is 1.17 bits per heavy atom. The lowest BCUT2D eigenvalue weighted by molar-refractivity contribution is -0.282. The minimum absolute atomic E-state index is 0.534. The molecule has 3 N–H and O–H groups in total. The molecule has 0 aromatic carbocycles. The second kappa shape index (κ2) is 3.68. The summed E-state index contributed by atoms with van der Waals surface area (Å²) in [7, 11) is 1.36. The van der Waals surface area contributed by atoms with Crippen LogP contribution in [0.5, 0.6) is 0 Å². The Balaban J connectivity index is 2.67. The van der Waals surface area contributed by atoms with E-state index in [1.54, 1.807) is 6.92 Å². The molecule has 1 unspecified atom stereocenters. The number of ether oxygens (including phenoxy) is 2. The third kappa shape index (κ3) is 1.60. The van der Waals surface area contributed by atoms with Gasteiger partial charge < -0.3 is 24.8 Å². The van der Waals surface area contributed by atoms with Crippen LogP contribution in [0.2, 0.25) is 0 Å². The average molecular weight is 178 g/mol. The molecule has 1 fully saturated rings. The molecule has 1 saturated heterocycles. The zero-order valence-corrected chi connectivity index (χ0v) is 7.04. The number of aliphatic hydroxyl groups is 3. The molecule has 5 atom stereocenters. The van der Waals surface area contributed by atoms with E-state index >= 15 is 0 Å². The predicted octanol–water partition coefficient (Wildman–Crippen LogP) is -1.54. The van der Waals surface area contributed by atoms with Gasteiger partial charge in [-0.2, -0.15) is 0 Å². The molecule has 0 saturated carbocycles. The predicted molar refractivity (Wildman–Crippen MR) is 39.4 cm³/mol. The van der Waals surface area contributed by atoms with E-state index in [1.165, 1.54) is 7.11 Å². The fraction of sp³-hybridized carbons (Fsp3) is 1.00. The van der Waals surface area contributed by atoms with Gasteiger partial charge in [0.1, 0.15) is 18.3 Å². The highest BCUT2D eigenvalue weighted by Crippen LogP contribution is 2.21. The third-order valence-corrected chi connectivity index (χ3v) is 2.07. The topological polar surface area (TPSA) is 79.2 Å². The number of hydrogen-bond donors (Lipinski definition) is 3. The highest BCUT2D eigenvalue weighted by Gasteiger charge is 2.42. The first-order chi connectivity index (χ1) is 5.57. The summed E-state index contributed by atoms with van der Waals surface area (Å²) < 4.78 is 9.63. The van der Waals surface area contributed by atoms with Crippen molar-refractivity contribution in [1.29, 1.82) is 0 Å². The van der Waals surface area contributed by atoms with Crippen molar-refractivity contribution in [3.05, 3.63) is 0 Å². The van der Waals surface area contributed by atoms with E-state index in [9.17, 15) is 10.2 Å². The lowest BCUT2D eigenvalue weighted by atomic mass is 10.00. The zero-order chi connectivity index (χ0) is 9.30. The van der Waals surface area contributed by atoms with E-state index in [4.69, 9.17) is 14.6 Å². The molecule has 0 bridgehead atoms. The van der Waals surface area contributed by atoms with Crippen LogP contribution >= 0.6 is 0 Å². The monoisotopic (exact) mass is 178 g/mol. The molecule has 0 radical (unpaired) electrons. The first kappa shape index (κ1) is 9.88. The highest BCUT2D eigenvalue weighted by atomic mass is 16.6. The van der Waals surface area contributed by atoms with E-state index in [2.05, 4.69) is 0 Å². The molecule has 0 aliphatic carbocycles. The highest BCUT2D eigenvalue weighted by molar-refractivity contribution is 4.87. The van der Waals surface area contributed by atoms with Crippen molar-refractivity contribution in [2.45, 2.75) is 37.6 Å². The standard InChI is InChI=1S/C7H14O5/c1-3-4(8)6(11-2)5(9)7(10)12-3/h3-10H,1-2H3/t3-,4-,5-,6+,7?/m1/s1. The fourth-order valence-electron chi connectivity index (χ4n) is 1.29. The van der Waals surface area contributed by atoms with Crippen LogP contribution in [0.4, 0.5) is 0 Å². The zero-order valence-electron chi connectivity index (χ0n) is 7.04. The summed E-state index contributed by atoms with van der Waals surface area (Å²) in [5.74, 6) is 0. The molecule has 12 heavy (non-hydrogen) atoms. The van der Waals surface area contributed by atoms with Crippen molar-refractivity contribution < 1.29 is 24.8 Å². The first-order valence-corrected chi connectivity index (χ1v) is 3.80. The summed E-state index contributed by atoms with van der Waals surface area (Å²) in [6.45, 7) is 1.60. The van der Waals surface area contributed by atoms with Crippen LogP contribution in [0.15, 0.2) is 0 Å². The van der Waals surface area contributed by atoms with Gasteiger partial charge in [-0.25, -0.2) is 0 Å². The van der Waals surface area contributed by atoms with Crippen molar-refractivity contribution in [3.8, 4) is 0 Å². The lowest BCUT2D eigenvalue weighted by Gasteiger charge is -2.38. The van der Waals surface area contributed by atoms with E-state index < -0.39 is 30.7 Å². The van der Waals surface area contributed by atoms with Gasteiger partial charge in [0.25, 0.3) is 0 Å². The van der Waals surface area contributed by atoms with Gasteiger partial charge in [0.2, 0.25) is 0 Å². The van der Waals surface area contributed by atoms with E-state index in [0.29, 0.717) is 0 Å². The molecule has 5 nitrogen and oxygen atoms in total.